The molecule has 1 N–H and O–H groups in total. The molecule has 0 aromatic heterocycles. The molecule has 0 amide bonds. The SMILES string of the molecule is CP(C)(=O)O.[Al+3]. The van der Waals surface area contributed by atoms with Crippen molar-refractivity contribution in [1.29, 1.82) is 0 Å². The van der Waals surface area contributed by atoms with Crippen LogP contribution in [0, 0.1) is 0 Å². The zero-order valence-corrected chi connectivity index (χ0v) is 5.93. The summed E-state index contributed by atoms with van der Waals surface area (Å²) in [6.45, 7) is 2.60. The topological polar surface area (TPSA) is 37.3 Å². The van der Waals surface area contributed by atoms with Gasteiger partial charge in [-0.05, 0) is 0 Å². The Bertz CT molecular complexity index is 57.7. The van der Waals surface area contributed by atoms with Crippen LogP contribution in [0.25, 0.3) is 0 Å². The van der Waals surface area contributed by atoms with E-state index in [0.29, 0.717) is 0 Å². The molecule has 0 radical (unpaired) electrons. The molecule has 0 spiro atoms. The molecular formula is C2H7AlO2P+3. The third-order valence-electron chi connectivity index (χ3n) is 0. The molecule has 0 fully saturated rings. The third-order valence-corrected chi connectivity index (χ3v) is 0. The minimum absolute atomic E-state index is 0. The Morgan fingerprint density at radius 2 is 1.50 bits per heavy atom. The van der Waals surface area contributed by atoms with Gasteiger partial charge >= 0.3 is 17.4 Å². The van der Waals surface area contributed by atoms with E-state index in [1.807, 2.05) is 0 Å². The fraction of sp³-hybridized carbons (Fsp3) is 1.00. The Balaban J connectivity index is 0. The van der Waals surface area contributed by atoms with Crippen LogP contribution in [0.5, 0.6) is 0 Å². The first-order valence-corrected chi connectivity index (χ1v) is 3.83. The van der Waals surface area contributed by atoms with Gasteiger partial charge in [0.25, 0.3) is 0 Å². The van der Waals surface area contributed by atoms with Crippen LogP contribution in [-0.4, -0.2) is 35.6 Å². The normalized spacial score (nSPS) is 9.83. The van der Waals surface area contributed by atoms with Crippen molar-refractivity contribution in [3.8, 4) is 0 Å². The standard InChI is InChI=1S/C2H7O2P.Al/c1-5(2,3)4;/h1-2H3,(H,3,4);/q;+3. The molecule has 0 bridgehead atoms. The molecule has 0 saturated carbocycles. The van der Waals surface area contributed by atoms with Gasteiger partial charge in [0, 0.05) is 13.3 Å². The first-order valence-electron chi connectivity index (χ1n) is 1.28. The number of hydrogen-bond donors (Lipinski definition) is 1. The average Bonchev–Trinajstić information content (AvgIpc) is 0.722. The zero-order valence-electron chi connectivity index (χ0n) is 3.88. The van der Waals surface area contributed by atoms with E-state index in [4.69, 9.17) is 4.89 Å². The Morgan fingerprint density at radius 3 is 1.50 bits per heavy atom. The molecule has 0 aromatic rings. The fourth-order valence-electron chi connectivity index (χ4n) is 0. The van der Waals surface area contributed by atoms with Gasteiger partial charge in [-0.3, -0.25) is 4.57 Å². The molecular weight excluding hydrogens is 114 g/mol. The minimum atomic E-state index is -2.64. The first kappa shape index (κ1) is 9.87. The summed E-state index contributed by atoms with van der Waals surface area (Å²) in [5, 5.41) is 0. The van der Waals surface area contributed by atoms with Crippen molar-refractivity contribution in [2.75, 3.05) is 13.3 Å². The third kappa shape index (κ3) is 125. The summed E-state index contributed by atoms with van der Waals surface area (Å²) >= 11 is 0. The van der Waals surface area contributed by atoms with Crippen LogP contribution < -0.4 is 0 Å². The second kappa shape index (κ2) is 2.82. The van der Waals surface area contributed by atoms with Gasteiger partial charge in [-0.15, -0.1) is 0 Å². The van der Waals surface area contributed by atoms with E-state index in [9.17, 15) is 4.57 Å². The van der Waals surface area contributed by atoms with Gasteiger partial charge in [0.2, 0.25) is 0 Å². The molecule has 0 aromatic carbocycles. The summed E-state index contributed by atoms with van der Waals surface area (Å²) < 4.78 is 9.77. The van der Waals surface area contributed by atoms with E-state index in [2.05, 4.69) is 0 Å². The predicted molar refractivity (Wildman–Crippen MR) is 27.4 cm³/mol. The van der Waals surface area contributed by atoms with Crippen LogP contribution in [0.2, 0.25) is 0 Å². The molecule has 0 aliphatic carbocycles. The van der Waals surface area contributed by atoms with E-state index in [-0.39, 0.29) is 17.4 Å². The summed E-state index contributed by atoms with van der Waals surface area (Å²) in [6.07, 6.45) is 0. The van der Waals surface area contributed by atoms with Crippen molar-refractivity contribution in [2.24, 2.45) is 0 Å². The number of hydrogen-bond acceptors (Lipinski definition) is 1. The molecule has 0 aliphatic heterocycles. The van der Waals surface area contributed by atoms with Crippen LogP contribution in [0.15, 0.2) is 0 Å². The molecule has 2 nitrogen and oxygen atoms in total. The maximum absolute atomic E-state index is 9.77. The zero-order chi connectivity index (χ0) is 4.50. The van der Waals surface area contributed by atoms with Crippen LogP contribution in [0.4, 0.5) is 0 Å². The Labute approximate surface area is 48.1 Å². The van der Waals surface area contributed by atoms with E-state index < -0.39 is 7.37 Å². The van der Waals surface area contributed by atoms with Gasteiger partial charge in [-0.2, -0.15) is 0 Å². The van der Waals surface area contributed by atoms with E-state index >= 15 is 0 Å². The predicted octanol–water partition coefficient (Wildman–Crippen LogP) is 0.136. The quantitative estimate of drug-likeness (QED) is 0.365. The maximum Gasteiger partial charge on any atom is 3.00 e. The second-order valence-electron chi connectivity index (χ2n) is 1.29. The molecule has 32 valence electrons. The average molecular weight is 121 g/mol. The van der Waals surface area contributed by atoms with Crippen molar-refractivity contribution in [1.82, 2.24) is 0 Å². The van der Waals surface area contributed by atoms with Crippen molar-refractivity contribution < 1.29 is 9.46 Å². The van der Waals surface area contributed by atoms with E-state index in [1.165, 1.54) is 13.3 Å². The van der Waals surface area contributed by atoms with Crippen molar-refractivity contribution in [2.45, 2.75) is 0 Å². The molecule has 0 aliphatic rings. The maximum atomic E-state index is 9.77. The van der Waals surface area contributed by atoms with Gasteiger partial charge in [0.05, 0.1) is 0 Å². The van der Waals surface area contributed by atoms with E-state index in [0.717, 1.165) is 0 Å². The first-order chi connectivity index (χ1) is 2.00. The minimum Gasteiger partial charge on any atom is -0.345 e. The molecule has 0 unspecified atom stereocenters. The van der Waals surface area contributed by atoms with Crippen molar-refractivity contribution >= 4 is 24.7 Å². The van der Waals surface area contributed by atoms with Crippen LogP contribution in [0.1, 0.15) is 0 Å². The number of rotatable bonds is 0. The largest absolute Gasteiger partial charge is 3.00 e. The van der Waals surface area contributed by atoms with Crippen LogP contribution in [-0.2, 0) is 4.57 Å². The Hall–Kier alpha value is 0.722. The summed E-state index contributed by atoms with van der Waals surface area (Å²) in [6, 6.07) is 0. The van der Waals surface area contributed by atoms with Gasteiger partial charge in [-0.25, -0.2) is 0 Å². The second-order valence-corrected chi connectivity index (χ2v) is 3.88. The molecule has 0 atom stereocenters. The Kier molecular flexibility index (Phi) is 4.65. The molecule has 0 rings (SSSR count). The summed E-state index contributed by atoms with van der Waals surface area (Å²) in [7, 11) is -2.64. The van der Waals surface area contributed by atoms with Gasteiger partial charge in [-0.1, -0.05) is 0 Å². The molecule has 4 heteroatoms. The summed E-state index contributed by atoms with van der Waals surface area (Å²) in [5.41, 5.74) is 0. The summed E-state index contributed by atoms with van der Waals surface area (Å²) in [4.78, 5) is 8.08. The van der Waals surface area contributed by atoms with Crippen molar-refractivity contribution in [3.05, 3.63) is 0 Å². The van der Waals surface area contributed by atoms with Crippen molar-refractivity contribution in [3.63, 3.8) is 0 Å². The molecule has 0 heterocycles. The van der Waals surface area contributed by atoms with Gasteiger partial charge < -0.3 is 4.89 Å². The smallest absolute Gasteiger partial charge is 0.345 e. The fourth-order valence-corrected chi connectivity index (χ4v) is 0. The van der Waals surface area contributed by atoms with Gasteiger partial charge in [0.1, 0.15) is 0 Å². The summed E-state index contributed by atoms with van der Waals surface area (Å²) in [5.74, 6) is 0. The van der Waals surface area contributed by atoms with Crippen LogP contribution >= 0.6 is 7.37 Å². The van der Waals surface area contributed by atoms with Gasteiger partial charge in [0.15, 0.2) is 7.37 Å². The molecule has 6 heavy (non-hydrogen) atoms. The monoisotopic (exact) mass is 121 g/mol. The molecule has 0 saturated heterocycles. The van der Waals surface area contributed by atoms with Crippen LogP contribution in [0.3, 0.4) is 0 Å². The Morgan fingerprint density at radius 1 is 1.50 bits per heavy atom. The van der Waals surface area contributed by atoms with E-state index in [1.54, 1.807) is 0 Å².